The van der Waals surface area contributed by atoms with Crippen LogP contribution in [-0.4, -0.2) is 125 Å². The largest absolute Gasteiger partial charge is 0.481 e. The van der Waals surface area contributed by atoms with E-state index in [1.807, 2.05) is 47.6 Å². The lowest BCUT2D eigenvalue weighted by Crippen LogP contribution is -2.65. The summed E-state index contributed by atoms with van der Waals surface area (Å²) in [5, 5.41) is 36.6. The van der Waals surface area contributed by atoms with Gasteiger partial charge in [-0.05, 0) is 104 Å². The maximum atomic E-state index is 14.6. The molecular formula is C46H80N2O10. The molecule has 1 unspecified atom stereocenters. The Balaban J connectivity index is 1.37. The molecule has 0 amide bonds. The second kappa shape index (κ2) is 18.9. The Hall–Kier alpha value is -1.48. The number of likely N-dealkylation sites (N-methyl/N-ethyl adjacent to an activating group) is 1. The van der Waals surface area contributed by atoms with Crippen molar-refractivity contribution >= 4 is 11.8 Å². The highest BCUT2D eigenvalue weighted by atomic mass is 16.8. The number of hydrogen-bond donors (Lipinski definition) is 4. The molecule has 12 nitrogen and oxygen atoms in total. The Morgan fingerprint density at radius 3 is 2.21 bits per heavy atom. The van der Waals surface area contributed by atoms with Gasteiger partial charge in [0.25, 0.3) is 0 Å². The van der Waals surface area contributed by atoms with E-state index >= 15 is 0 Å². The number of carboxylic acid groups (broad SMARTS) is 1. The summed E-state index contributed by atoms with van der Waals surface area (Å²) in [7, 11) is 4.10. The number of aliphatic carboxylic acids is 1. The lowest BCUT2D eigenvalue weighted by atomic mass is 9.72. The van der Waals surface area contributed by atoms with Crippen molar-refractivity contribution in [2.45, 2.75) is 199 Å². The topological polar surface area (TPSA) is 156 Å². The van der Waals surface area contributed by atoms with Crippen molar-refractivity contribution in [2.24, 2.45) is 41.4 Å². The Labute approximate surface area is 349 Å². The minimum Gasteiger partial charge on any atom is -0.481 e. The van der Waals surface area contributed by atoms with Crippen molar-refractivity contribution < 1.29 is 48.6 Å². The zero-order valence-corrected chi connectivity index (χ0v) is 37.9. The van der Waals surface area contributed by atoms with Crippen LogP contribution in [0.1, 0.15) is 133 Å². The molecule has 5 aliphatic rings. The molecule has 5 aliphatic heterocycles. The number of rotatable bonds is 16. The van der Waals surface area contributed by atoms with Crippen LogP contribution in [0.3, 0.4) is 0 Å². The third-order valence-corrected chi connectivity index (χ3v) is 15.4. The molecule has 58 heavy (non-hydrogen) atoms. The summed E-state index contributed by atoms with van der Waals surface area (Å²) < 4.78 is 34.8. The molecule has 0 aliphatic carbocycles. The van der Waals surface area contributed by atoms with Crippen LogP contribution in [0.5, 0.6) is 0 Å². The molecule has 18 atom stereocenters. The van der Waals surface area contributed by atoms with E-state index in [1.54, 1.807) is 0 Å². The lowest BCUT2D eigenvalue weighted by Gasteiger charge is -2.55. The van der Waals surface area contributed by atoms with Gasteiger partial charge in [-0.25, -0.2) is 0 Å². The summed E-state index contributed by atoms with van der Waals surface area (Å²) >= 11 is 0. The molecule has 4 fully saturated rings. The van der Waals surface area contributed by atoms with E-state index in [-0.39, 0.29) is 53.8 Å². The van der Waals surface area contributed by atoms with Gasteiger partial charge in [-0.1, -0.05) is 61.5 Å². The number of nitrogens with zero attached hydrogens (tertiary/aromatic N) is 1. The molecule has 0 aromatic rings. The average molecular weight is 821 g/mol. The molecular weight excluding hydrogens is 741 g/mol. The first kappa shape index (κ1) is 47.6. The van der Waals surface area contributed by atoms with Crippen molar-refractivity contribution in [3.63, 3.8) is 0 Å². The lowest BCUT2D eigenvalue weighted by molar-refractivity contribution is -0.398. The van der Waals surface area contributed by atoms with Crippen molar-refractivity contribution in [3.05, 3.63) is 12.2 Å². The number of carbonyl (C=O) groups excluding carboxylic acids is 1. The van der Waals surface area contributed by atoms with E-state index < -0.39 is 64.8 Å². The number of aliphatic hydroxyl groups excluding tert-OH is 1. The summed E-state index contributed by atoms with van der Waals surface area (Å²) in [6, 6.07) is -0.255. The second-order valence-corrected chi connectivity index (χ2v) is 19.7. The Morgan fingerprint density at radius 2 is 1.60 bits per heavy atom. The predicted molar refractivity (Wildman–Crippen MR) is 223 cm³/mol. The third kappa shape index (κ3) is 9.45. The third-order valence-electron chi connectivity index (χ3n) is 15.4. The number of Topliss-reactive ketones (excluding diaryl/α,β-unsaturated/α-hetero) is 1. The number of hydrogen-bond acceptors (Lipinski definition) is 11. The zero-order valence-electron chi connectivity index (χ0n) is 37.9. The first-order valence-electron chi connectivity index (χ1n) is 22.8. The molecule has 0 saturated carbocycles. The van der Waals surface area contributed by atoms with Crippen LogP contribution in [0, 0.1) is 41.4 Å². The molecule has 2 spiro atoms. The SMILES string of the molecule is CC[C@@H](C(=O)[C@@H](C)[C@@H](O)[C@H](C)[C@@H]1O[C@@H]([C@@H](CC)C(=O)O)CC[C@@H]1C)[C@H]1OC2(C=C[C@@H](NCCN(C)C)[C@]3(CC[C@@](C)([C@H]4CC[C@](O)(CC)[C@H](C)O4)O3)O2)[C@H](C)C[C@@H]1C. The molecule has 0 bridgehead atoms. The van der Waals surface area contributed by atoms with Gasteiger partial charge in [-0.2, -0.15) is 0 Å². The molecule has 0 aromatic heterocycles. The van der Waals surface area contributed by atoms with Crippen LogP contribution in [0.4, 0.5) is 0 Å². The van der Waals surface area contributed by atoms with E-state index in [1.165, 1.54) is 0 Å². The smallest absolute Gasteiger partial charge is 0.309 e. The van der Waals surface area contributed by atoms with Crippen molar-refractivity contribution in [1.82, 2.24) is 10.2 Å². The van der Waals surface area contributed by atoms with Gasteiger partial charge in [-0.3, -0.25) is 9.59 Å². The molecule has 0 aromatic carbocycles. The summed E-state index contributed by atoms with van der Waals surface area (Å²) in [6.07, 6.45) is 7.99. The monoisotopic (exact) mass is 821 g/mol. The summed E-state index contributed by atoms with van der Waals surface area (Å²) in [4.78, 5) is 28.8. The Bertz CT molecular complexity index is 1430. The maximum absolute atomic E-state index is 14.6. The van der Waals surface area contributed by atoms with Crippen LogP contribution in [-0.2, 0) is 33.3 Å². The minimum atomic E-state index is -1.14. The quantitative estimate of drug-likeness (QED) is 0.128. The number of ether oxygens (including phenoxy) is 5. The highest BCUT2D eigenvalue weighted by Gasteiger charge is 2.63. The van der Waals surface area contributed by atoms with Gasteiger partial charge in [0.05, 0.1) is 59.8 Å². The highest BCUT2D eigenvalue weighted by molar-refractivity contribution is 5.84. The van der Waals surface area contributed by atoms with Crippen LogP contribution >= 0.6 is 0 Å². The van der Waals surface area contributed by atoms with Gasteiger partial charge in [-0.15, -0.1) is 0 Å². The standard InChI is InChI=1S/C46H80N2O10/c1-13-33(42(51)52)35-17-16-27(4)40(55-35)31(8)38(49)30(7)39(50)34(14-2)41-28(5)26-29(6)45(56-41)21-18-36(47-24-25-48(11)12)46(58-45)23-22-43(10,57-46)37-19-20-44(53,15-3)32(9)54-37/h18,21,27-38,40-41,47,49,53H,13-17,19-20,22-26H2,1-12H3,(H,51,52)/t27-,28-,29+,30-,31-,32-,33+,34-,35+,36+,37+,38+,40+,41-,43-,44+,45?,46-/m0/s1. The van der Waals surface area contributed by atoms with E-state index in [2.05, 4.69) is 58.1 Å². The van der Waals surface area contributed by atoms with Crippen LogP contribution < -0.4 is 5.32 Å². The summed E-state index contributed by atoms with van der Waals surface area (Å²) in [6.45, 7) is 21.6. The van der Waals surface area contributed by atoms with Crippen molar-refractivity contribution in [1.29, 1.82) is 0 Å². The van der Waals surface area contributed by atoms with Gasteiger partial charge >= 0.3 is 5.97 Å². The molecule has 0 radical (unpaired) electrons. The maximum Gasteiger partial charge on any atom is 0.309 e. The molecule has 12 heteroatoms. The van der Waals surface area contributed by atoms with Gasteiger partial charge in [0, 0.05) is 43.2 Å². The zero-order chi connectivity index (χ0) is 43.0. The minimum absolute atomic E-state index is 0.0400. The molecule has 5 rings (SSSR count). The first-order valence-corrected chi connectivity index (χ1v) is 22.8. The van der Waals surface area contributed by atoms with E-state index in [9.17, 15) is 24.9 Å². The fourth-order valence-electron chi connectivity index (χ4n) is 11.2. The van der Waals surface area contributed by atoms with E-state index in [0.717, 1.165) is 25.9 Å². The molecule has 334 valence electrons. The number of ketones is 1. The van der Waals surface area contributed by atoms with E-state index in [4.69, 9.17) is 23.7 Å². The Morgan fingerprint density at radius 1 is 0.914 bits per heavy atom. The molecule has 4 N–H and O–H groups in total. The average Bonchev–Trinajstić information content (AvgIpc) is 3.52. The van der Waals surface area contributed by atoms with Crippen molar-refractivity contribution in [3.8, 4) is 0 Å². The summed E-state index contributed by atoms with van der Waals surface area (Å²) in [5.74, 6) is -5.13. The van der Waals surface area contributed by atoms with Gasteiger partial charge in [0.2, 0.25) is 0 Å². The van der Waals surface area contributed by atoms with E-state index in [0.29, 0.717) is 51.4 Å². The number of nitrogens with one attached hydrogen (secondary N) is 1. The van der Waals surface area contributed by atoms with Crippen molar-refractivity contribution in [2.75, 3.05) is 27.2 Å². The number of carboxylic acids is 1. The van der Waals surface area contributed by atoms with Gasteiger partial charge in [0.1, 0.15) is 5.78 Å². The Kier molecular flexibility index (Phi) is 15.5. The van der Waals surface area contributed by atoms with Crippen LogP contribution in [0.15, 0.2) is 12.2 Å². The number of carbonyl (C=O) groups is 2. The predicted octanol–water partition coefficient (Wildman–Crippen LogP) is 6.35. The second-order valence-electron chi connectivity index (χ2n) is 19.7. The fourth-order valence-corrected chi connectivity index (χ4v) is 11.2. The van der Waals surface area contributed by atoms with Crippen LogP contribution in [0.2, 0.25) is 0 Å². The van der Waals surface area contributed by atoms with Gasteiger partial charge < -0.3 is 49.2 Å². The normalized spacial score (nSPS) is 43.3. The first-order chi connectivity index (χ1) is 27.2. The summed E-state index contributed by atoms with van der Waals surface area (Å²) in [5.41, 5.74) is -1.51. The molecule has 4 saturated heterocycles. The fraction of sp³-hybridized carbons (Fsp3) is 0.913. The van der Waals surface area contributed by atoms with Crippen LogP contribution in [0.25, 0.3) is 0 Å². The molecule has 5 heterocycles. The highest BCUT2D eigenvalue weighted by Crippen LogP contribution is 2.54. The van der Waals surface area contributed by atoms with Gasteiger partial charge in [0.15, 0.2) is 11.6 Å². The number of aliphatic hydroxyl groups is 2.